The first kappa shape index (κ1) is 18.4. The maximum Gasteiger partial charge on any atom is 0.144 e. The van der Waals surface area contributed by atoms with Crippen LogP contribution in [0.15, 0.2) is 12.1 Å². The lowest BCUT2D eigenvalue weighted by Gasteiger charge is -2.30. The molecule has 1 aromatic rings. The number of unbranched alkanes of at least 4 members (excludes halogenated alkanes) is 2. The second-order valence-electron chi connectivity index (χ2n) is 5.93. The number of hydrogen-bond donors (Lipinski definition) is 0. The highest BCUT2D eigenvalue weighted by atomic mass is 16.5. The Kier molecular flexibility index (Phi) is 7.70. The molecule has 0 saturated carbocycles. The Bertz CT molecular complexity index is 548. The third kappa shape index (κ3) is 5.04. The van der Waals surface area contributed by atoms with E-state index in [-0.39, 0.29) is 0 Å². The third-order valence-corrected chi connectivity index (χ3v) is 4.04. The molecule has 0 bridgehead atoms. The van der Waals surface area contributed by atoms with E-state index in [0.29, 0.717) is 37.7 Å². The lowest BCUT2D eigenvalue weighted by atomic mass is 10.1. The molecule has 2 rings (SSSR count). The second-order valence-corrected chi connectivity index (χ2v) is 5.93. The van der Waals surface area contributed by atoms with E-state index in [0.717, 1.165) is 50.2 Å². The van der Waals surface area contributed by atoms with Gasteiger partial charge in [0.1, 0.15) is 17.6 Å². The largest absolute Gasteiger partial charge is 0.492 e. The fraction of sp³-hybridized carbons (Fsp3) is 0.632. The minimum absolute atomic E-state index is 0.537. The van der Waals surface area contributed by atoms with Crippen molar-refractivity contribution >= 4 is 5.69 Å². The van der Waals surface area contributed by atoms with E-state index in [2.05, 4.69) is 24.8 Å². The first-order valence-electron chi connectivity index (χ1n) is 8.96. The van der Waals surface area contributed by atoms with Gasteiger partial charge in [-0.3, -0.25) is 0 Å². The minimum Gasteiger partial charge on any atom is -0.492 e. The van der Waals surface area contributed by atoms with Crippen LogP contribution in [0, 0.1) is 11.3 Å². The molecule has 0 spiro atoms. The fourth-order valence-electron chi connectivity index (χ4n) is 2.58. The van der Waals surface area contributed by atoms with Crippen LogP contribution in [0.5, 0.6) is 11.5 Å². The molecule has 1 heterocycles. The van der Waals surface area contributed by atoms with Crippen LogP contribution in [0.25, 0.3) is 0 Å². The number of hydrogen-bond acceptors (Lipinski definition) is 5. The third-order valence-electron chi connectivity index (χ3n) is 4.04. The summed E-state index contributed by atoms with van der Waals surface area (Å²) in [5.41, 5.74) is 1.54. The number of morpholine rings is 1. The molecular weight excluding hydrogens is 304 g/mol. The van der Waals surface area contributed by atoms with Crippen molar-refractivity contribution in [1.29, 1.82) is 5.26 Å². The Morgan fingerprint density at radius 1 is 1.04 bits per heavy atom. The highest BCUT2D eigenvalue weighted by Gasteiger charge is 2.19. The Morgan fingerprint density at radius 2 is 1.67 bits per heavy atom. The highest BCUT2D eigenvalue weighted by Crippen LogP contribution is 2.36. The molecule has 1 aliphatic rings. The van der Waals surface area contributed by atoms with E-state index in [9.17, 15) is 5.26 Å². The Morgan fingerprint density at radius 3 is 2.25 bits per heavy atom. The van der Waals surface area contributed by atoms with Crippen molar-refractivity contribution in [3.05, 3.63) is 17.7 Å². The molecule has 1 fully saturated rings. The number of benzene rings is 1. The summed E-state index contributed by atoms with van der Waals surface area (Å²) in [6.07, 6.45) is 4.12. The molecule has 1 saturated heterocycles. The van der Waals surface area contributed by atoms with Crippen molar-refractivity contribution in [1.82, 2.24) is 0 Å². The van der Waals surface area contributed by atoms with Gasteiger partial charge in [0.25, 0.3) is 0 Å². The minimum atomic E-state index is 0.537. The van der Waals surface area contributed by atoms with E-state index < -0.39 is 0 Å². The van der Waals surface area contributed by atoms with E-state index in [1.54, 1.807) is 0 Å². The van der Waals surface area contributed by atoms with E-state index in [1.165, 1.54) is 0 Å². The van der Waals surface area contributed by atoms with Crippen molar-refractivity contribution in [3.63, 3.8) is 0 Å². The van der Waals surface area contributed by atoms with Crippen molar-refractivity contribution in [2.24, 2.45) is 0 Å². The summed E-state index contributed by atoms with van der Waals surface area (Å²) >= 11 is 0. The quantitative estimate of drug-likeness (QED) is 0.645. The summed E-state index contributed by atoms with van der Waals surface area (Å²) in [6, 6.07) is 6.02. The molecule has 0 aliphatic carbocycles. The summed E-state index contributed by atoms with van der Waals surface area (Å²) in [5, 5.41) is 9.45. The number of ether oxygens (including phenoxy) is 3. The van der Waals surface area contributed by atoms with Crippen LogP contribution < -0.4 is 14.4 Å². The van der Waals surface area contributed by atoms with Gasteiger partial charge in [0.15, 0.2) is 0 Å². The molecule has 0 aromatic heterocycles. The molecule has 0 N–H and O–H groups in total. The second kappa shape index (κ2) is 10.0. The summed E-state index contributed by atoms with van der Waals surface area (Å²) in [4.78, 5) is 2.25. The van der Waals surface area contributed by atoms with Gasteiger partial charge in [-0.15, -0.1) is 0 Å². The Labute approximate surface area is 145 Å². The molecule has 132 valence electrons. The van der Waals surface area contributed by atoms with Crippen molar-refractivity contribution in [2.75, 3.05) is 44.4 Å². The van der Waals surface area contributed by atoms with Gasteiger partial charge in [0.05, 0.1) is 37.7 Å². The van der Waals surface area contributed by atoms with Gasteiger partial charge in [-0.25, -0.2) is 0 Å². The maximum absolute atomic E-state index is 9.45. The molecular formula is C19H28N2O3. The van der Waals surface area contributed by atoms with Crippen LogP contribution in [-0.4, -0.2) is 39.5 Å². The topological polar surface area (TPSA) is 54.7 Å². The zero-order valence-electron chi connectivity index (χ0n) is 14.8. The SMILES string of the molecule is CCCCOc1cc(N2CCOCC2)c(OCCCC)cc1C#N. The van der Waals surface area contributed by atoms with Crippen LogP contribution in [0.2, 0.25) is 0 Å². The normalized spacial score (nSPS) is 14.3. The van der Waals surface area contributed by atoms with Gasteiger partial charge in [-0.05, 0) is 12.8 Å². The molecule has 24 heavy (non-hydrogen) atoms. The summed E-state index contributed by atoms with van der Waals surface area (Å²) in [6.45, 7) is 8.62. The number of anilines is 1. The molecule has 0 amide bonds. The zero-order valence-corrected chi connectivity index (χ0v) is 14.8. The van der Waals surface area contributed by atoms with Crippen LogP contribution in [0.1, 0.15) is 45.1 Å². The summed E-state index contributed by atoms with van der Waals surface area (Å²) in [7, 11) is 0. The average Bonchev–Trinajstić information content (AvgIpc) is 2.63. The molecule has 1 aromatic carbocycles. The molecule has 0 radical (unpaired) electrons. The summed E-state index contributed by atoms with van der Waals surface area (Å²) < 4.78 is 17.3. The van der Waals surface area contributed by atoms with Crippen LogP contribution in [0.4, 0.5) is 5.69 Å². The highest BCUT2D eigenvalue weighted by molar-refractivity contribution is 5.66. The van der Waals surface area contributed by atoms with Gasteiger partial charge in [0, 0.05) is 25.2 Å². The van der Waals surface area contributed by atoms with E-state index in [1.807, 2.05) is 12.1 Å². The number of nitrogens with zero attached hydrogens (tertiary/aromatic N) is 2. The smallest absolute Gasteiger partial charge is 0.144 e. The predicted octanol–water partition coefficient (Wildman–Crippen LogP) is 3.75. The van der Waals surface area contributed by atoms with Crippen molar-refractivity contribution in [2.45, 2.75) is 39.5 Å². The van der Waals surface area contributed by atoms with Crippen LogP contribution in [0.3, 0.4) is 0 Å². The van der Waals surface area contributed by atoms with Crippen LogP contribution >= 0.6 is 0 Å². The van der Waals surface area contributed by atoms with Crippen molar-refractivity contribution < 1.29 is 14.2 Å². The van der Waals surface area contributed by atoms with Gasteiger partial charge < -0.3 is 19.1 Å². The maximum atomic E-state index is 9.45. The van der Waals surface area contributed by atoms with Gasteiger partial charge in [-0.1, -0.05) is 26.7 Å². The number of nitriles is 1. The lowest BCUT2D eigenvalue weighted by molar-refractivity contribution is 0.122. The zero-order chi connectivity index (χ0) is 17.2. The van der Waals surface area contributed by atoms with Crippen LogP contribution in [-0.2, 0) is 4.74 Å². The first-order valence-corrected chi connectivity index (χ1v) is 8.96. The lowest BCUT2D eigenvalue weighted by Crippen LogP contribution is -2.36. The Balaban J connectivity index is 2.26. The molecule has 5 heteroatoms. The molecule has 1 aliphatic heterocycles. The van der Waals surface area contributed by atoms with Crippen molar-refractivity contribution in [3.8, 4) is 17.6 Å². The standard InChI is InChI=1S/C19H28N2O3/c1-3-5-9-23-18-14-17(21-7-11-22-12-8-21)19(13-16(18)15-20)24-10-6-4-2/h13-14H,3-12H2,1-2H3. The first-order chi connectivity index (χ1) is 11.8. The van der Waals surface area contributed by atoms with Gasteiger partial charge in [-0.2, -0.15) is 5.26 Å². The summed E-state index contributed by atoms with van der Waals surface area (Å²) in [5.74, 6) is 1.42. The van der Waals surface area contributed by atoms with E-state index >= 15 is 0 Å². The number of rotatable bonds is 9. The van der Waals surface area contributed by atoms with E-state index in [4.69, 9.17) is 14.2 Å². The fourth-order valence-corrected chi connectivity index (χ4v) is 2.58. The Hall–Kier alpha value is -1.93. The molecule has 5 nitrogen and oxygen atoms in total. The monoisotopic (exact) mass is 332 g/mol. The average molecular weight is 332 g/mol. The van der Waals surface area contributed by atoms with Gasteiger partial charge >= 0.3 is 0 Å². The molecule has 0 atom stereocenters. The van der Waals surface area contributed by atoms with Gasteiger partial charge in [0.2, 0.25) is 0 Å². The predicted molar refractivity (Wildman–Crippen MR) is 95.0 cm³/mol. The molecule has 0 unspecified atom stereocenters.